The van der Waals surface area contributed by atoms with E-state index in [0.717, 1.165) is 30.4 Å². The normalized spacial score (nSPS) is 44.9. The highest BCUT2D eigenvalue weighted by molar-refractivity contribution is 6.45. The molecule has 0 heterocycles. The number of carbonyl (C=O) groups excluding carboxylic acids is 2. The van der Waals surface area contributed by atoms with E-state index in [4.69, 9.17) is 11.6 Å². The molecular weight excluding hydrogens is 320 g/mol. The van der Waals surface area contributed by atoms with Gasteiger partial charge in [-0.05, 0) is 62.0 Å². The molecule has 0 aromatic carbocycles. The average molecular weight is 345 g/mol. The van der Waals surface area contributed by atoms with Crippen LogP contribution in [0.5, 0.6) is 0 Å². The Morgan fingerprint density at radius 1 is 1.21 bits per heavy atom. The lowest BCUT2D eigenvalue weighted by molar-refractivity contribution is -0.130. The molecule has 128 valence electrons. The van der Waals surface area contributed by atoms with Gasteiger partial charge in [0.2, 0.25) is 0 Å². The van der Waals surface area contributed by atoms with Crippen molar-refractivity contribution in [2.24, 2.45) is 28.6 Å². The van der Waals surface area contributed by atoms with Crippen LogP contribution in [0.3, 0.4) is 0 Å². The maximum absolute atomic E-state index is 12.5. The first-order valence-corrected chi connectivity index (χ1v) is 9.42. The summed E-state index contributed by atoms with van der Waals surface area (Å²) >= 11 is 6.44. The lowest BCUT2D eigenvalue weighted by Crippen LogP contribution is -2.51. The molecule has 2 nitrogen and oxygen atoms in total. The van der Waals surface area contributed by atoms with E-state index >= 15 is 0 Å². The van der Waals surface area contributed by atoms with Gasteiger partial charge in [-0.3, -0.25) is 9.59 Å². The zero-order valence-corrected chi connectivity index (χ0v) is 15.5. The van der Waals surface area contributed by atoms with E-state index in [-0.39, 0.29) is 16.6 Å². The molecule has 0 saturated heterocycles. The largest absolute Gasteiger partial charge is 0.299 e. The molecule has 0 unspecified atom stereocenters. The molecule has 3 heteroatoms. The van der Waals surface area contributed by atoms with Crippen molar-refractivity contribution in [3.05, 3.63) is 34.4 Å². The molecule has 24 heavy (non-hydrogen) atoms. The highest BCUT2D eigenvalue weighted by Crippen LogP contribution is 2.66. The van der Waals surface area contributed by atoms with Gasteiger partial charge >= 0.3 is 0 Å². The summed E-state index contributed by atoms with van der Waals surface area (Å²) in [5, 5.41) is 0.401. The van der Waals surface area contributed by atoms with Gasteiger partial charge in [0.25, 0.3) is 0 Å². The third-order valence-electron chi connectivity index (χ3n) is 7.87. The van der Waals surface area contributed by atoms with Gasteiger partial charge in [-0.1, -0.05) is 43.2 Å². The van der Waals surface area contributed by atoms with Crippen LogP contribution in [0, 0.1) is 28.6 Å². The Bertz CT molecular complexity index is 743. The van der Waals surface area contributed by atoms with E-state index in [1.165, 1.54) is 5.57 Å². The second-order valence-corrected chi connectivity index (χ2v) is 9.06. The van der Waals surface area contributed by atoms with Gasteiger partial charge in [-0.25, -0.2) is 0 Å². The molecule has 0 aromatic heterocycles. The molecule has 0 radical (unpaired) electrons. The Labute approximate surface area is 149 Å². The van der Waals surface area contributed by atoms with Crippen LogP contribution in [0.1, 0.15) is 52.9 Å². The van der Waals surface area contributed by atoms with Crippen molar-refractivity contribution in [2.45, 2.75) is 52.9 Å². The van der Waals surface area contributed by atoms with Gasteiger partial charge in [-0.15, -0.1) is 0 Å². The number of Topliss-reactive ketones (excluding diaryl/α,β-unsaturated/α-hetero) is 1. The summed E-state index contributed by atoms with van der Waals surface area (Å²) in [5.74, 6) is 1.54. The maximum Gasteiger partial charge on any atom is 0.197 e. The van der Waals surface area contributed by atoms with Crippen molar-refractivity contribution in [3.63, 3.8) is 0 Å². The fourth-order valence-electron chi connectivity index (χ4n) is 6.28. The van der Waals surface area contributed by atoms with Crippen LogP contribution in [-0.2, 0) is 9.59 Å². The molecule has 4 rings (SSSR count). The van der Waals surface area contributed by atoms with Crippen LogP contribution in [0.2, 0.25) is 0 Å². The predicted octanol–water partition coefficient (Wildman–Crippen LogP) is 4.99. The van der Waals surface area contributed by atoms with Crippen molar-refractivity contribution < 1.29 is 9.59 Å². The Kier molecular flexibility index (Phi) is 3.36. The number of halogens is 1. The fraction of sp³-hybridized carbons (Fsp3) is 0.619. The highest BCUT2D eigenvalue weighted by atomic mass is 35.5. The zero-order chi connectivity index (χ0) is 17.4. The fourth-order valence-corrected chi connectivity index (χ4v) is 6.59. The van der Waals surface area contributed by atoms with Crippen LogP contribution in [0.25, 0.3) is 0 Å². The van der Waals surface area contributed by atoms with Crippen molar-refractivity contribution in [2.75, 3.05) is 0 Å². The minimum absolute atomic E-state index is 0.0652. The standard InChI is InChI=1S/C21H25ClO2/c1-11-9-15-19(22)16(23)10-12(2)21(15,4)14-7-8-20(3)13(18(11)14)5-6-17(20)24/h10,13-14,18H,1,5-9H2,2-4H3/t13-,14-,18-,20-,21+/m0/s1. The first-order chi connectivity index (χ1) is 11.2. The number of fused-ring (bicyclic) bond motifs is 5. The van der Waals surface area contributed by atoms with Gasteiger partial charge in [0.05, 0.1) is 5.03 Å². The van der Waals surface area contributed by atoms with E-state index < -0.39 is 0 Å². The summed E-state index contributed by atoms with van der Waals surface area (Å²) in [4.78, 5) is 24.7. The van der Waals surface area contributed by atoms with Gasteiger partial charge in [0, 0.05) is 17.3 Å². The van der Waals surface area contributed by atoms with Crippen LogP contribution in [0.15, 0.2) is 34.4 Å². The van der Waals surface area contributed by atoms with E-state index in [9.17, 15) is 9.59 Å². The Morgan fingerprint density at radius 3 is 2.62 bits per heavy atom. The smallest absolute Gasteiger partial charge is 0.197 e. The van der Waals surface area contributed by atoms with Crippen molar-refractivity contribution in [1.29, 1.82) is 0 Å². The number of hydrogen-bond acceptors (Lipinski definition) is 2. The summed E-state index contributed by atoms with van der Waals surface area (Å²) in [7, 11) is 0. The molecule has 4 aliphatic rings. The van der Waals surface area contributed by atoms with Gasteiger partial charge in [0.15, 0.2) is 5.78 Å². The Morgan fingerprint density at radius 2 is 1.92 bits per heavy atom. The van der Waals surface area contributed by atoms with Crippen molar-refractivity contribution >= 4 is 23.2 Å². The lowest BCUT2D eigenvalue weighted by Gasteiger charge is -2.57. The number of rotatable bonds is 0. The number of hydrogen-bond donors (Lipinski definition) is 0. The molecule has 3 saturated carbocycles. The summed E-state index contributed by atoms with van der Waals surface area (Å²) in [5.41, 5.74) is 3.03. The summed E-state index contributed by atoms with van der Waals surface area (Å²) in [6.07, 6.45) is 6.09. The van der Waals surface area contributed by atoms with Crippen LogP contribution < -0.4 is 0 Å². The van der Waals surface area contributed by atoms with E-state index in [1.807, 2.05) is 0 Å². The Balaban J connectivity index is 1.85. The molecule has 3 fully saturated rings. The molecule has 0 N–H and O–H groups in total. The van der Waals surface area contributed by atoms with E-state index in [0.29, 0.717) is 41.4 Å². The third-order valence-corrected chi connectivity index (χ3v) is 8.29. The summed E-state index contributed by atoms with van der Waals surface area (Å²) in [6, 6.07) is 0. The maximum atomic E-state index is 12.5. The second-order valence-electron chi connectivity index (χ2n) is 8.68. The number of allylic oxidation sites excluding steroid dienone is 5. The number of ketones is 2. The van der Waals surface area contributed by atoms with Crippen LogP contribution in [-0.4, -0.2) is 11.6 Å². The van der Waals surface area contributed by atoms with Crippen LogP contribution in [0.4, 0.5) is 0 Å². The topological polar surface area (TPSA) is 34.1 Å². The zero-order valence-electron chi connectivity index (χ0n) is 14.7. The first-order valence-electron chi connectivity index (χ1n) is 9.04. The van der Waals surface area contributed by atoms with Crippen molar-refractivity contribution in [3.8, 4) is 0 Å². The minimum Gasteiger partial charge on any atom is -0.299 e. The monoisotopic (exact) mass is 344 g/mol. The molecule has 5 atom stereocenters. The summed E-state index contributed by atoms with van der Waals surface area (Å²) in [6.45, 7) is 10.9. The van der Waals surface area contributed by atoms with E-state index in [1.54, 1.807) is 6.08 Å². The number of carbonyl (C=O) groups is 2. The average Bonchev–Trinajstić information content (AvgIpc) is 2.83. The van der Waals surface area contributed by atoms with Gasteiger partial charge in [-0.2, -0.15) is 0 Å². The van der Waals surface area contributed by atoms with Gasteiger partial charge in [0.1, 0.15) is 5.78 Å². The summed E-state index contributed by atoms with van der Waals surface area (Å²) < 4.78 is 0. The second kappa shape index (κ2) is 4.94. The molecule has 0 aliphatic heterocycles. The molecule has 0 aromatic rings. The molecule has 0 amide bonds. The van der Waals surface area contributed by atoms with Crippen molar-refractivity contribution in [1.82, 2.24) is 0 Å². The molecular formula is C21H25ClO2. The minimum atomic E-state index is -0.173. The Hall–Kier alpha value is -1.15. The van der Waals surface area contributed by atoms with E-state index in [2.05, 4.69) is 27.4 Å². The third kappa shape index (κ3) is 1.78. The molecule has 4 aliphatic carbocycles. The first kappa shape index (κ1) is 16.3. The molecule has 0 spiro atoms. The quantitative estimate of drug-likeness (QED) is 0.580. The highest BCUT2D eigenvalue weighted by Gasteiger charge is 2.60. The SMILES string of the molecule is C=C1CC2=C(Cl)C(=O)C=C(C)[C@]2(C)[C@H]2CC[C@]3(C)C(=O)CC[C@H]3[C@H]12. The molecule has 0 bridgehead atoms. The van der Waals surface area contributed by atoms with Crippen LogP contribution >= 0.6 is 11.6 Å². The lowest BCUT2D eigenvalue weighted by atomic mass is 9.46. The predicted molar refractivity (Wildman–Crippen MR) is 95.6 cm³/mol. The van der Waals surface area contributed by atoms with Gasteiger partial charge < -0.3 is 0 Å².